The summed E-state index contributed by atoms with van der Waals surface area (Å²) in [6.07, 6.45) is 6.58. The first kappa shape index (κ1) is 13.8. The SMILES string of the molecule is CC(C)c1ncc(NCCCC2CC2)c(C(=O)O)n1. The molecule has 0 bridgehead atoms. The highest BCUT2D eigenvalue weighted by Gasteiger charge is 2.20. The molecule has 2 N–H and O–H groups in total. The zero-order valence-corrected chi connectivity index (χ0v) is 11.5. The monoisotopic (exact) mass is 263 g/mol. The van der Waals surface area contributed by atoms with Crippen molar-refractivity contribution in [3.63, 3.8) is 0 Å². The van der Waals surface area contributed by atoms with Gasteiger partial charge in [0.2, 0.25) is 0 Å². The van der Waals surface area contributed by atoms with Crippen LogP contribution in [0.5, 0.6) is 0 Å². The lowest BCUT2D eigenvalue weighted by atomic mass is 10.2. The van der Waals surface area contributed by atoms with Crippen molar-refractivity contribution >= 4 is 11.7 Å². The number of aromatic carboxylic acids is 1. The van der Waals surface area contributed by atoms with Crippen molar-refractivity contribution in [3.8, 4) is 0 Å². The van der Waals surface area contributed by atoms with Crippen LogP contribution in [0.1, 0.15) is 61.8 Å². The second kappa shape index (κ2) is 5.99. The highest BCUT2D eigenvalue weighted by molar-refractivity contribution is 5.91. The summed E-state index contributed by atoms with van der Waals surface area (Å²) < 4.78 is 0. The van der Waals surface area contributed by atoms with Gasteiger partial charge in [-0.1, -0.05) is 26.7 Å². The second-order valence-electron chi connectivity index (χ2n) is 5.46. The maximum atomic E-state index is 11.2. The van der Waals surface area contributed by atoms with Gasteiger partial charge in [-0.3, -0.25) is 0 Å². The van der Waals surface area contributed by atoms with E-state index in [0.29, 0.717) is 11.5 Å². The van der Waals surface area contributed by atoms with Gasteiger partial charge in [0.1, 0.15) is 5.82 Å². The number of rotatable bonds is 7. The summed E-state index contributed by atoms with van der Waals surface area (Å²) in [5.41, 5.74) is 0.595. The van der Waals surface area contributed by atoms with Crippen LogP contribution in [-0.4, -0.2) is 27.6 Å². The number of anilines is 1. The van der Waals surface area contributed by atoms with Crippen molar-refractivity contribution < 1.29 is 9.90 Å². The van der Waals surface area contributed by atoms with Crippen molar-refractivity contribution in [2.75, 3.05) is 11.9 Å². The number of carbonyl (C=O) groups is 1. The largest absolute Gasteiger partial charge is 0.476 e. The molecule has 2 rings (SSSR count). The molecule has 1 heterocycles. The Kier molecular flexibility index (Phi) is 4.35. The molecular weight excluding hydrogens is 242 g/mol. The predicted octanol–water partition coefficient (Wildman–Crippen LogP) is 2.90. The van der Waals surface area contributed by atoms with E-state index in [2.05, 4.69) is 15.3 Å². The Morgan fingerprint density at radius 2 is 2.26 bits per heavy atom. The molecule has 5 heteroatoms. The zero-order valence-electron chi connectivity index (χ0n) is 11.5. The standard InChI is InChI=1S/C14H21N3O2/c1-9(2)13-16-8-11(12(17-13)14(18)19)15-7-3-4-10-5-6-10/h8-10,15H,3-7H2,1-2H3,(H,18,19). The summed E-state index contributed by atoms with van der Waals surface area (Å²) in [4.78, 5) is 19.6. The van der Waals surface area contributed by atoms with Crippen LogP contribution < -0.4 is 5.32 Å². The average molecular weight is 263 g/mol. The van der Waals surface area contributed by atoms with E-state index in [9.17, 15) is 9.90 Å². The van der Waals surface area contributed by atoms with Crippen molar-refractivity contribution in [1.29, 1.82) is 0 Å². The van der Waals surface area contributed by atoms with Crippen molar-refractivity contribution in [2.45, 2.75) is 45.4 Å². The van der Waals surface area contributed by atoms with E-state index < -0.39 is 5.97 Å². The number of hydrogen-bond donors (Lipinski definition) is 2. The molecule has 1 aliphatic rings. The third-order valence-corrected chi connectivity index (χ3v) is 3.33. The minimum absolute atomic E-state index is 0.0742. The number of nitrogens with zero attached hydrogens (tertiary/aromatic N) is 2. The minimum Gasteiger partial charge on any atom is -0.476 e. The Bertz CT molecular complexity index is 456. The molecule has 104 valence electrons. The van der Waals surface area contributed by atoms with Crippen LogP contribution in [-0.2, 0) is 0 Å². The lowest BCUT2D eigenvalue weighted by Crippen LogP contribution is -2.13. The van der Waals surface area contributed by atoms with Crippen molar-refractivity contribution in [3.05, 3.63) is 17.7 Å². The average Bonchev–Trinajstić information content (AvgIpc) is 3.18. The van der Waals surface area contributed by atoms with E-state index >= 15 is 0 Å². The Balaban J connectivity index is 1.98. The van der Waals surface area contributed by atoms with E-state index in [1.54, 1.807) is 6.20 Å². The molecule has 5 nitrogen and oxygen atoms in total. The van der Waals surface area contributed by atoms with E-state index in [4.69, 9.17) is 0 Å². The molecule has 1 aromatic rings. The van der Waals surface area contributed by atoms with Gasteiger partial charge in [-0.2, -0.15) is 0 Å². The van der Waals surface area contributed by atoms with Crippen LogP contribution in [0.25, 0.3) is 0 Å². The first-order valence-electron chi connectivity index (χ1n) is 6.92. The summed E-state index contributed by atoms with van der Waals surface area (Å²) in [5.74, 6) is 0.595. The fourth-order valence-electron chi connectivity index (χ4n) is 1.99. The maximum Gasteiger partial charge on any atom is 0.356 e. The molecule has 1 aromatic heterocycles. The van der Waals surface area contributed by atoms with Crippen LogP contribution in [0.3, 0.4) is 0 Å². The third-order valence-electron chi connectivity index (χ3n) is 3.33. The number of carboxylic acids is 1. The Morgan fingerprint density at radius 3 is 2.84 bits per heavy atom. The number of carboxylic acid groups (broad SMARTS) is 1. The summed E-state index contributed by atoms with van der Waals surface area (Å²) in [6.45, 7) is 4.68. The van der Waals surface area contributed by atoms with Crippen LogP contribution in [0.4, 0.5) is 5.69 Å². The molecule has 0 atom stereocenters. The van der Waals surface area contributed by atoms with Gasteiger partial charge in [-0.05, 0) is 18.8 Å². The smallest absolute Gasteiger partial charge is 0.356 e. The molecule has 0 radical (unpaired) electrons. The summed E-state index contributed by atoms with van der Waals surface area (Å²) in [6, 6.07) is 0. The van der Waals surface area contributed by atoms with E-state index in [1.807, 2.05) is 13.8 Å². The molecule has 0 aromatic carbocycles. The van der Waals surface area contributed by atoms with E-state index in [1.165, 1.54) is 19.3 Å². The Morgan fingerprint density at radius 1 is 1.53 bits per heavy atom. The molecule has 0 unspecified atom stereocenters. The molecule has 1 saturated carbocycles. The lowest BCUT2D eigenvalue weighted by molar-refractivity contribution is 0.0691. The molecule has 0 amide bonds. The fourth-order valence-corrected chi connectivity index (χ4v) is 1.99. The normalized spacial score (nSPS) is 14.7. The van der Waals surface area contributed by atoms with Crippen LogP contribution in [0.15, 0.2) is 6.20 Å². The first-order valence-corrected chi connectivity index (χ1v) is 6.92. The van der Waals surface area contributed by atoms with Crippen LogP contribution in [0.2, 0.25) is 0 Å². The zero-order chi connectivity index (χ0) is 13.8. The Labute approximate surface area is 113 Å². The van der Waals surface area contributed by atoms with Crippen molar-refractivity contribution in [2.24, 2.45) is 5.92 Å². The molecule has 1 aliphatic carbocycles. The third kappa shape index (κ3) is 3.91. The molecule has 0 spiro atoms. The van der Waals surface area contributed by atoms with Gasteiger partial charge >= 0.3 is 5.97 Å². The predicted molar refractivity (Wildman–Crippen MR) is 73.5 cm³/mol. The fraction of sp³-hybridized carbons (Fsp3) is 0.643. The van der Waals surface area contributed by atoms with Gasteiger partial charge in [0.05, 0.1) is 11.9 Å². The van der Waals surface area contributed by atoms with Gasteiger partial charge < -0.3 is 10.4 Å². The quantitative estimate of drug-likeness (QED) is 0.740. The van der Waals surface area contributed by atoms with Gasteiger partial charge in [0.25, 0.3) is 0 Å². The summed E-state index contributed by atoms with van der Waals surface area (Å²) in [5, 5.41) is 12.3. The molecule has 19 heavy (non-hydrogen) atoms. The second-order valence-corrected chi connectivity index (χ2v) is 5.46. The van der Waals surface area contributed by atoms with Gasteiger partial charge in [0.15, 0.2) is 5.69 Å². The van der Waals surface area contributed by atoms with E-state index in [-0.39, 0.29) is 11.6 Å². The topological polar surface area (TPSA) is 75.1 Å². The summed E-state index contributed by atoms with van der Waals surface area (Å²) in [7, 11) is 0. The maximum absolute atomic E-state index is 11.2. The van der Waals surface area contributed by atoms with Crippen LogP contribution in [0, 0.1) is 5.92 Å². The minimum atomic E-state index is -1.01. The molecule has 0 aliphatic heterocycles. The highest BCUT2D eigenvalue weighted by atomic mass is 16.4. The number of aromatic nitrogens is 2. The van der Waals surface area contributed by atoms with Gasteiger partial charge in [-0.25, -0.2) is 14.8 Å². The molecule has 1 fully saturated rings. The Hall–Kier alpha value is -1.65. The van der Waals surface area contributed by atoms with Gasteiger partial charge in [0, 0.05) is 12.5 Å². The highest BCUT2D eigenvalue weighted by Crippen LogP contribution is 2.33. The molecule has 0 saturated heterocycles. The van der Waals surface area contributed by atoms with Crippen molar-refractivity contribution in [1.82, 2.24) is 9.97 Å². The number of hydrogen-bond acceptors (Lipinski definition) is 4. The molecular formula is C14H21N3O2. The van der Waals surface area contributed by atoms with Crippen LogP contribution >= 0.6 is 0 Å². The summed E-state index contributed by atoms with van der Waals surface area (Å²) >= 11 is 0. The van der Waals surface area contributed by atoms with E-state index in [0.717, 1.165) is 18.9 Å². The van der Waals surface area contributed by atoms with Gasteiger partial charge in [-0.15, -0.1) is 0 Å². The first-order chi connectivity index (χ1) is 9.08. The lowest BCUT2D eigenvalue weighted by Gasteiger charge is -2.11. The number of nitrogens with one attached hydrogen (secondary N) is 1.